The second-order valence-corrected chi connectivity index (χ2v) is 6.87. The maximum absolute atomic E-state index is 4.34. The molecule has 0 saturated carbocycles. The van der Waals surface area contributed by atoms with Crippen LogP contribution in [0.5, 0.6) is 0 Å². The molecule has 1 aliphatic heterocycles. The van der Waals surface area contributed by atoms with E-state index in [1.807, 2.05) is 18.3 Å². The lowest BCUT2D eigenvalue weighted by Crippen LogP contribution is -2.28. The predicted molar refractivity (Wildman–Crippen MR) is 106 cm³/mol. The fraction of sp³-hybridized carbons (Fsp3) is 0.211. The summed E-state index contributed by atoms with van der Waals surface area (Å²) in [7, 11) is 0. The van der Waals surface area contributed by atoms with Gasteiger partial charge in [-0.25, -0.2) is 0 Å². The zero-order valence-electron chi connectivity index (χ0n) is 13.0. The molecule has 1 N–H and O–H groups in total. The third-order valence-electron chi connectivity index (χ3n) is 3.85. The standard InChI is InChI=1S/C19H20IN3/c20-18-6-8-19(9-7-18)22-21-14-16-10-12-23(13-11-16)15-17-4-2-1-3-5-17/h1-10,14,22H,11-13,15H2. The summed E-state index contributed by atoms with van der Waals surface area (Å²) in [5, 5.41) is 4.34. The van der Waals surface area contributed by atoms with Gasteiger partial charge in [0.1, 0.15) is 0 Å². The fourth-order valence-electron chi connectivity index (χ4n) is 2.54. The maximum atomic E-state index is 4.34. The Morgan fingerprint density at radius 1 is 1.09 bits per heavy atom. The summed E-state index contributed by atoms with van der Waals surface area (Å²) in [5.74, 6) is 0. The largest absolute Gasteiger partial charge is 0.295 e. The minimum absolute atomic E-state index is 0.986. The van der Waals surface area contributed by atoms with Gasteiger partial charge in [-0.05, 0) is 64.4 Å². The van der Waals surface area contributed by atoms with Crippen molar-refractivity contribution in [3.63, 3.8) is 0 Å². The van der Waals surface area contributed by atoms with Crippen LogP contribution in [-0.2, 0) is 6.54 Å². The van der Waals surface area contributed by atoms with Gasteiger partial charge in [-0.3, -0.25) is 10.3 Å². The molecule has 0 saturated heterocycles. The van der Waals surface area contributed by atoms with Crippen LogP contribution in [0.25, 0.3) is 0 Å². The predicted octanol–water partition coefficient (Wildman–Crippen LogP) is 4.52. The van der Waals surface area contributed by atoms with E-state index in [0.29, 0.717) is 0 Å². The lowest BCUT2D eigenvalue weighted by molar-refractivity contribution is 0.288. The van der Waals surface area contributed by atoms with E-state index in [1.54, 1.807) is 0 Å². The highest BCUT2D eigenvalue weighted by atomic mass is 127. The quantitative estimate of drug-likeness (QED) is 0.440. The van der Waals surface area contributed by atoms with E-state index in [-0.39, 0.29) is 0 Å². The first-order chi connectivity index (χ1) is 11.3. The summed E-state index contributed by atoms with van der Waals surface area (Å²) < 4.78 is 1.23. The summed E-state index contributed by atoms with van der Waals surface area (Å²) >= 11 is 2.30. The van der Waals surface area contributed by atoms with Crippen LogP contribution in [-0.4, -0.2) is 24.2 Å². The smallest absolute Gasteiger partial charge is 0.0562 e. The molecular weight excluding hydrogens is 397 g/mol. The molecule has 3 nitrogen and oxygen atoms in total. The number of halogens is 1. The number of nitrogens with one attached hydrogen (secondary N) is 1. The van der Waals surface area contributed by atoms with E-state index in [9.17, 15) is 0 Å². The van der Waals surface area contributed by atoms with Crippen molar-refractivity contribution in [2.45, 2.75) is 13.0 Å². The van der Waals surface area contributed by atoms with Crippen LogP contribution >= 0.6 is 22.6 Å². The molecule has 23 heavy (non-hydrogen) atoms. The monoisotopic (exact) mass is 417 g/mol. The Balaban J connectivity index is 1.48. The van der Waals surface area contributed by atoms with Crippen molar-refractivity contribution < 1.29 is 0 Å². The third kappa shape index (κ3) is 5.18. The molecule has 0 aromatic heterocycles. The summed E-state index contributed by atoms with van der Waals surface area (Å²) in [6.45, 7) is 3.08. The molecule has 0 unspecified atom stereocenters. The minimum atomic E-state index is 0.986. The van der Waals surface area contributed by atoms with Crippen LogP contribution in [0.2, 0.25) is 0 Å². The molecule has 0 bridgehead atoms. The van der Waals surface area contributed by atoms with Crippen molar-refractivity contribution >= 4 is 34.5 Å². The summed E-state index contributed by atoms with van der Waals surface area (Å²) in [6.07, 6.45) is 5.26. The summed E-state index contributed by atoms with van der Waals surface area (Å²) in [4.78, 5) is 2.46. The van der Waals surface area contributed by atoms with Gasteiger partial charge in [-0.15, -0.1) is 0 Å². The molecule has 118 valence electrons. The molecule has 0 radical (unpaired) electrons. The second kappa shape index (κ2) is 8.26. The van der Waals surface area contributed by atoms with Crippen LogP contribution in [0.3, 0.4) is 0 Å². The molecule has 0 amide bonds. The normalized spacial score (nSPS) is 15.6. The van der Waals surface area contributed by atoms with Gasteiger partial charge in [0.25, 0.3) is 0 Å². The molecule has 4 heteroatoms. The number of rotatable bonds is 5. The van der Waals surface area contributed by atoms with Crippen LogP contribution in [0.4, 0.5) is 5.69 Å². The van der Waals surface area contributed by atoms with Crippen molar-refractivity contribution in [1.29, 1.82) is 0 Å². The van der Waals surface area contributed by atoms with Crippen molar-refractivity contribution in [1.82, 2.24) is 4.90 Å². The summed E-state index contributed by atoms with van der Waals surface area (Å²) in [5.41, 5.74) is 6.77. The molecular formula is C19H20IN3. The van der Waals surface area contributed by atoms with Gasteiger partial charge < -0.3 is 0 Å². The van der Waals surface area contributed by atoms with Crippen molar-refractivity contribution in [3.05, 3.63) is 75.4 Å². The SMILES string of the molecule is Ic1ccc(NN=CC2=CCN(Cc3ccccc3)CC2)cc1. The van der Waals surface area contributed by atoms with E-state index < -0.39 is 0 Å². The van der Waals surface area contributed by atoms with Crippen molar-refractivity contribution in [2.24, 2.45) is 5.10 Å². The van der Waals surface area contributed by atoms with Crippen LogP contribution in [0.1, 0.15) is 12.0 Å². The lowest BCUT2D eigenvalue weighted by atomic mass is 10.1. The minimum Gasteiger partial charge on any atom is -0.295 e. The Bertz CT molecular complexity index is 678. The fourth-order valence-corrected chi connectivity index (χ4v) is 2.90. The lowest BCUT2D eigenvalue weighted by Gasteiger charge is -2.25. The van der Waals surface area contributed by atoms with E-state index in [0.717, 1.165) is 31.7 Å². The molecule has 2 aromatic rings. The van der Waals surface area contributed by atoms with Gasteiger partial charge in [0.15, 0.2) is 0 Å². The average molecular weight is 417 g/mol. The first-order valence-corrected chi connectivity index (χ1v) is 8.87. The van der Waals surface area contributed by atoms with Crippen molar-refractivity contribution in [2.75, 3.05) is 18.5 Å². The van der Waals surface area contributed by atoms with E-state index in [2.05, 4.69) is 86.6 Å². The first-order valence-electron chi connectivity index (χ1n) is 7.79. The third-order valence-corrected chi connectivity index (χ3v) is 4.56. The number of nitrogens with zero attached hydrogens (tertiary/aromatic N) is 2. The Morgan fingerprint density at radius 3 is 2.57 bits per heavy atom. The molecule has 1 heterocycles. The Labute approximate surface area is 151 Å². The first kappa shape index (κ1) is 16.2. The van der Waals surface area contributed by atoms with Crippen LogP contribution in [0, 0.1) is 3.57 Å². The number of hydrogen-bond donors (Lipinski definition) is 1. The molecule has 0 fully saturated rings. The van der Waals surface area contributed by atoms with Gasteiger partial charge in [0.2, 0.25) is 0 Å². The highest BCUT2D eigenvalue weighted by molar-refractivity contribution is 14.1. The molecule has 0 aliphatic carbocycles. The maximum Gasteiger partial charge on any atom is 0.0562 e. The topological polar surface area (TPSA) is 27.6 Å². The number of hydrazone groups is 1. The molecule has 0 spiro atoms. The number of hydrogen-bond acceptors (Lipinski definition) is 3. The van der Waals surface area contributed by atoms with Gasteiger partial charge in [0.05, 0.1) is 11.9 Å². The number of benzene rings is 2. The van der Waals surface area contributed by atoms with Gasteiger partial charge in [-0.1, -0.05) is 36.4 Å². The molecule has 0 atom stereocenters. The average Bonchev–Trinajstić information content (AvgIpc) is 2.59. The molecule has 2 aromatic carbocycles. The van der Waals surface area contributed by atoms with Gasteiger partial charge in [-0.2, -0.15) is 5.10 Å². The zero-order chi connectivity index (χ0) is 15.9. The second-order valence-electron chi connectivity index (χ2n) is 5.63. The molecule has 3 rings (SSSR count). The Hall–Kier alpha value is -1.66. The molecule has 1 aliphatic rings. The van der Waals surface area contributed by atoms with Gasteiger partial charge >= 0.3 is 0 Å². The Morgan fingerprint density at radius 2 is 1.87 bits per heavy atom. The van der Waals surface area contributed by atoms with E-state index in [1.165, 1.54) is 14.7 Å². The zero-order valence-corrected chi connectivity index (χ0v) is 15.1. The highest BCUT2D eigenvalue weighted by Gasteiger charge is 2.10. The highest BCUT2D eigenvalue weighted by Crippen LogP contribution is 2.14. The van der Waals surface area contributed by atoms with Gasteiger partial charge in [0, 0.05) is 23.2 Å². The Kier molecular flexibility index (Phi) is 5.82. The van der Waals surface area contributed by atoms with E-state index >= 15 is 0 Å². The van der Waals surface area contributed by atoms with Crippen LogP contribution in [0.15, 0.2) is 71.3 Å². The summed E-state index contributed by atoms with van der Waals surface area (Å²) in [6, 6.07) is 18.9. The van der Waals surface area contributed by atoms with Crippen molar-refractivity contribution in [3.8, 4) is 0 Å². The van der Waals surface area contributed by atoms with E-state index in [4.69, 9.17) is 0 Å². The number of anilines is 1. The van der Waals surface area contributed by atoms with Crippen LogP contribution < -0.4 is 5.43 Å².